The normalized spacial score (nSPS) is 9.42. The first-order chi connectivity index (χ1) is 5.69. The summed E-state index contributed by atoms with van der Waals surface area (Å²) in [5, 5.41) is 16.2. The summed E-state index contributed by atoms with van der Waals surface area (Å²) in [7, 11) is 1.44. The molecule has 4 heteroatoms. The highest BCUT2D eigenvalue weighted by Crippen LogP contribution is 2.29. The summed E-state index contributed by atoms with van der Waals surface area (Å²) in [4.78, 5) is 0. The highest BCUT2D eigenvalue weighted by atomic mass is 16.5. The Bertz CT molecular complexity index is 310. The summed E-state index contributed by atoms with van der Waals surface area (Å²) in [5.41, 5.74) is 6.43. The van der Waals surface area contributed by atoms with E-state index in [4.69, 9.17) is 15.9 Å². The van der Waals surface area contributed by atoms with Gasteiger partial charge >= 0.3 is 0 Å². The summed E-state index contributed by atoms with van der Waals surface area (Å²) in [5.74, 6) is 0.309. The van der Waals surface area contributed by atoms with Crippen molar-refractivity contribution in [3.05, 3.63) is 17.7 Å². The van der Waals surface area contributed by atoms with Crippen molar-refractivity contribution >= 4 is 11.9 Å². The van der Waals surface area contributed by atoms with Crippen LogP contribution in [-0.2, 0) is 0 Å². The number of nitrogen functional groups attached to an aromatic ring is 1. The molecule has 1 aromatic rings. The van der Waals surface area contributed by atoms with E-state index < -0.39 is 0 Å². The molecule has 0 fully saturated rings. The van der Waals surface area contributed by atoms with Gasteiger partial charge in [0.2, 0.25) is 0 Å². The van der Waals surface area contributed by atoms with Crippen LogP contribution < -0.4 is 10.5 Å². The van der Waals surface area contributed by atoms with Gasteiger partial charge in [0.25, 0.3) is 0 Å². The molecule has 12 heavy (non-hydrogen) atoms. The van der Waals surface area contributed by atoms with Gasteiger partial charge in [0.05, 0.1) is 7.11 Å². The molecule has 0 amide bonds. The fraction of sp³-hybridized carbons (Fsp3) is 0.125. The number of methoxy groups -OCH3 is 1. The van der Waals surface area contributed by atoms with Crippen LogP contribution in [0.15, 0.2) is 12.1 Å². The van der Waals surface area contributed by atoms with E-state index >= 15 is 0 Å². The SMILES string of the molecule is COc1cc(N)c(C=N)cc1O. The predicted octanol–water partition coefficient (Wildman–Crippen LogP) is 0.981. The van der Waals surface area contributed by atoms with Crippen molar-refractivity contribution in [3.63, 3.8) is 0 Å². The number of rotatable bonds is 2. The van der Waals surface area contributed by atoms with E-state index in [-0.39, 0.29) is 5.75 Å². The third-order valence-corrected chi connectivity index (χ3v) is 1.54. The average molecular weight is 166 g/mol. The minimum absolute atomic E-state index is 0.00907. The minimum atomic E-state index is -0.00907. The van der Waals surface area contributed by atoms with E-state index in [1.807, 2.05) is 0 Å². The van der Waals surface area contributed by atoms with Gasteiger partial charge in [-0.1, -0.05) is 0 Å². The molecule has 0 heterocycles. The monoisotopic (exact) mass is 166 g/mol. The Morgan fingerprint density at radius 1 is 1.58 bits per heavy atom. The maximum Gasteiger partial charge on any atom is 0.162 e. The molecule has 64 valence electrons. The van der Waals surface area contributed by atoms with Gasteiger partial charge in [0, 0.05) is 23.5 Å². The molecule has 4 nitrogen and oxygen atoms in total. The fourth-order valence-electron chi connectivity index (χ4n) is 0.889. The summed E-state index contributed by atoms with van der Waals surface area (Å²) in [6.07, 6.45) is 1.08. The third-order valence-electron chi connectivity index (χ3n) is 1.54. The largest absolute Gasteiger partial charge is 0.504 e. The van der Waals surface area contributed by atoms with Crippen LogP contribution in [0.3, 0.4) is 0 Å². The van der Waals surface area contributed by atoms with Crippen molar-refractivity contribution < 1.29 is 9.84 Å². The molecule has 0 bridgehead atoms. The standard InChI is InChI=1S/C8H10N2O2/c1-12-8-3-6(10)5(4-9)2-7(8)11/h2-4,9,11H,10H2,1H3. The van der Waals surface area contributed by atoms with Crippen LogP contribution in [0.5, 0.6) is 11.5 Å². The van der Waals surface area contributed by atoms with Crippen LogP contribution in [-0.4, -0.2) is 18.4 Å². The second-order valence-corrected chi connectivity index (χ2v) is 2.30. The zero-order chi connectivity index (χ0) is 9.14. The van der Waals surface area contributed by atoms with Gasteiger partial charge in [-0.3, -0.25) is 0 Å². The molecule has 0 radical (unpaired) electrons. The number of nitrogens with one attached hydrogen (secondary N) is 1. The van der Waals surface area contributed by atoms with Gasteiger partial charge in [-0.15, -0.1) is 0 Å². The number of hydrogen-bond donors (Lipinski definition) is 3. The summed E-state index contributed by atoms with van der Waals surface area (Å²) < 4.78 is 4.82. The summed E-state index contributed by atoms with van der Waals surface area (Å²) >= 11 is 0. The van der Waals surface area contributed by atoms with Gasteiger partial charge in [-0.2, -0.15) is 0 Å². The quantitative estimate of drug-likeness (QED) is 0.348. The maximum atomic E-state index is 9.26. The average Bonchev–Trinajstić information content (AvgIpc) is 2.08. The van der Waals surface area contributed by atoms with E-state index in [2.05, 4.69) is 0 Å². The molecule has 0 aliphatic carbocycles. The highest BCUT2D eigenvalue weighted by molar-refractivity contribution is 5.86. The Hall–Kier alpha value is -1.71. The van der Waals surface area contributed by atoms with Crippen molar-refractivity contribution in [1.29, 1.82) is 5.41 Å². The lowest BCUT2D eigenvalue weighted by Crippen LogP contribution is -1.94. The third kappa shape index (κ3) is 1.32. The number of phenols is 1. The Morgan fingerprint density at radius 2 is 2.25 bits per heavy atom. The maximum absolute atomic E-state index is 9.26. The lowest BCUT2D eigenvalue weighted by atomic mass is 10.2. The molecule has 0 aromatic heterocycles. The number of anilines is 1. The van der Waals surface area contributed by atoms with Crippen molar-refractivity contribution in [3.8, 4) is 11.5 Å². The first kappa shape index (κ1) is 8.39. The molecule has 4 N–H and O–H groups in total. The molecule has 1 rings (SSSR count). The second kappa shape index (κ2) is 3.13. The van der Waals surface area contributed by atoms with E-state index in [0.29, 0.717) is 17.0 Å². The van der Waals surface area contributed by atoms with Crippen molar-refractivity contribution in [2.45, 2.75) is 0 Å². The van der Waals surface area contributed by atoms with Gasteiger partial charge in [0.1, 0.15) is 0 Å². The molecule has 0 saturated carbocycles. The smallest absolute Gasteiger partial charge is 0.162 e. The van der Waals surface area contributed by atoms with Crippen molar-refractivity contribution in [2.24, 2.45) is 0 Å². The summed E-state index contributed by atoms with van der Waals surface area (Å²) in [6.45, 7) is 0. The zero-order valence-corrected chi connectivity index (χ0v) is 6.66. The van der Waals surface area contributed by atoms with Crippen molar-refractivity contribution in [2.75, 3.05) is 12.8 Å². The molecule has 0 saturated heterocycles. The van der Waals surface area contributed by atoms with Crippen LogP contribution in [0.2, 0.25) is 0 Å². The van der Waals surface area contributed by atoms with E-state index in [1.165, 1.54) is 19.2 Å². The first-order valence-corrected chi connectivity index (χ1v) is 3.36. The molecule has 0 spiro atoms. The van der Waals surface area contributed by atoms with Crippen LogP contribution >= 0.6 is 0 Å². The lowest BCUT2D eigenvalue weighted by molar-refractivity contribution is 0.373. The fourth-order valence-corrected chi connectivity index (χ4v) is 0.889. The van der Waals surface area contributed by atoms with E-state index in [0.717, 1.165) is 6.21 Å². The van der Waals surface area contributed by atoms with Crippen LogP contribution in [0.1, 0.15) is 5.56 Å². The molecule has 1 aromatic carbocycles. The van der Waals surface area contributed by atoms with Crippen LogP contribution in [0, 0.1) is 5.41 Å². The van der Waals surface area contributed by atoms with Crippen LogP contribution in [0.25, 0.3) is 0 Å². The Morgan fingerprint density at radius 3 is 2.75 bits per heavy atom. The van der Waals surface area contributed by atoms with E-state index in [1.54, 1.807) is 0 Å². The van der Waals surface area contributed by atoms with Gasteiger partial charge in [-0.25, -0.2) is 0 Å². The Kier molecular flexibility index (Phi) is 2.19. The lowest BCUT2D eigenvalue weighted by Gasteiger charge is -2.05. The topological polar surface area (TPSA) is 79.3 Å². The molecule has 0 aliphatic rings. The molecule has 0 aliphatic heterocycles. The van der Waals surface area contributed by atoms with Gasteiger partial charge < -0.3 is 21.0 Å². The predicted molar refractivity (Wildman–Crippen MR) is 47.0 cm³/mol. The highest BCUT2D eigenvalue weighted by Gasteiger charge is 2.04. The summed E-state index contributed by atoms with van der Waals surface area (Å²) in [6, 6.07) is 2.87. The van der Waals surface area contributed by atoms with E-state index in [9.17, 15) is 5.11 Å². The number of aromatic hydroxyl groups is 1. The Labute approximate surface area is 70.1 Å². The zero-order valence-electron chi connectivity index (χ0n) is 6.66. The number of hydrogen-bond acceptors (Lipinski definition) is 4. The number of ether oxygens (including phenoxy) is 1. The number of phenolic OH excluding ortho intramolecular Hbond substituents is 1. The molecule has 0 unspecified atom stereocenters. The molecule has 0 atom stereocenters. The Balaban J connectivity index is 3.25. The first-order valence-electron chi connectivity index (χ1n) is 3.36. The van der Waals surface area contributed by atoms with Gasteiger partial charge in [-0.05, 0) is 6.07 Å². The number of nitrogens with two attached hydrogens (primary N) is 1. The van der Waals surface area contributed by atoms with Crippen LogP contribution in [0.4, 0.5) is 5.69 Å². The molecular formula is C8H10N2O2. The molecular weight excluding hydrogens is 156 g/mol. The number of benzene rings is 1. The second-order valence-electron chi connectivity index (χ2n) is 2.30. The van der Waals surface area contributed by atoms with Crippen molar-refractivity contribution in [1.82, 2.24) is 0 Å². The van der Waals surface area contributed by atoms with Gasteiger partial charge in [0.15, 0.2) is 11.5 Å². The minimum Gasteiger partial charge on any atom is -0.504 e.